The molecule has 2 amide bonds. The highest BCUT2D eigenvalue weighted by Gasteiger charge is 2.25. The third-order valence-corrected chi connectivity index (χ3v) is 6.26. The maximum Gasteiger partial charge on any atom is 0.251 e. The van der Waals surface area contributed by atoms with Crippen LogP contribution >= 0.6 is 35.0 Å². The molecule has 0 fully saturated rings. The molecule has 1 heterocycles. The highest BCUT2D eigenvalue weighted by atomic mass is 35.5. The van der Waals surface area contributed by atoms with Crippen molar-refractivity contribution in [3.05, 3.63) is 70.0 Å². The normalized spacial score (nSPS) is 11.9. The minimum atomic E-state index is -0.339. The monoisotopic (exact) mass is 491 g/mol. The van der Waals surface area contributed by atoms with Crippen molar-refractivity contribution in [2.75, 3.05) is 11.1 Å². The third kappa shape index (κ3) is 6.03. The van der Waals surface area contributed by atoms with Crippen LogP contribution in [0.1, 0.15) is 36.1 Å². The topological polar surface area (TPSA) is 88.9 Å². The predicted molar refractivity (Wildman–Crippen MR) is 128 cm³/mol. The lowest BCUT2D eigenvalue weighted by molar-refractivity contribution is -0.113. The second-order valence-electron chi connectivity index (χ2n) is 7.42. The summed E-state index contributed by atoms with van der Waals surface area (Å²) in [6.45, 7) is 4.00. The Morgan fingerprint density at radius 3 is 2.50 bits per heavy atom. The zero-order chi connectivity index (χ0) is 23.3. The van der Waals surface area contributed by atoms with Crippen molar-refractivity contribution < 1.29 is 9.59 Å². The first-order valence-electron chi connectivity index (χ1n) is 9.89. The number of thioether (sulfide) groups is 1. The van der Waals surface area contributed by atoms with Gasteiger partial charge in [0.05, 0.1) is 22.5 Å². The van der Waals surface area contributed by atoms with Crippen LogP contribution in [0.2, 0.25) is 10.0 Å². The van der Waals surface area contributed by atoms with Crippen LogP contribution in [0.5, 0.6) is 0 Å². The standard InChI is InChI=1S/C22H23Cl2N5O2S/c1-13(2)19(26-21(31)14-7-5-4-6-8-14)20-27-28-22(29(20)3)32-12-18(30)25-17-11-15(23)9-10-16(17)24/h4-11,13,19H,12H2,1-3H3,(H,25,30)(H,26,31)/t19-/m1/s1. The molecule has 0 saturated carbocycles. The van der Waals surface area contributed by atoms with Gasteiger partial charge in [-0.2, -0.15) is 0 Å². The van der Waals surface area contributed by atoms with Gasteiger partial charge in [0.15, 0.2) is 11.0 Å². The van der Waals surface area contributed by atoms with E-state index in [1.807, 2.05) is 39.1 Å². The summed E-state index contributed by atoms with van der Waals surface area (Å²) in [6, 6.07) is 13.5. The number of halogens is 2. The summed E-state index contributed by atoms with van der Waals surface area (Å²) < 4.78 is 1.79. The van der Waals surface area contributed by atoms with E-state index in [2.05, 4.69) is 20.8 Å². The zero-order valence-electron chi connectivity index (χ0n) is 17.8. The zero-order valence-corrected chi connectivity index (χ0v) is 20.1. The second-order valence-corrected chi connectivity index (χ2v) is 9.21. The minimum absolute atomic E-state index is 0.0803. The molecule has 168 valence electrons. The molecule has 7 nitrogen and oxygen atoms in total. The highest BCUT2D eigenvalue weighted by molar-refractivity contribution is 7.99. The Labute approximate surface area is 200 Å². The second kappa shape index (κ2) is 10.8. The Bertz CT molecular complexity index is 1100. The number of anilines is 1. The molecule has 0 saturated heterocycles. The maximum atomic E-state index is 12.6. The Morgan fingerprint density at radius 1 is 1.09 bits per heavy atom. The number of carbonyl (C=O) groups excluding carboxylic acids is 2. The lowest BCUT2D eigenvalue weighted by Gasteiger charge is -2.21. The number of hydrogen-bond donors (Lipinski definition) is 2. The van der Waals surface area contributed by atoms with E-state index in [-0.39, 0.29) is 29.5 Å². The summed E-state index contributed by atoms with van der Waals surface area (Å²) in [5.41, 5.74) is 1.03. The van der Waals surface area contributed by atoms with Gasteiger partial charge in [-0.1, -0.05) is 67.0 Å². The molecule has 0 aliphatic carbocycles. The summed E-state index contributed by atoms with van der Waals surface area (Å²) in [5.74, 6) is 0.375. The Balaban J connectivity index is 1.67. The van der Waals surface area contributed by atoms with Crippen molar-refractivity contribution in [1.29, 1.82) is 0 Å². The summed E-state index contributed by atoms with van der Waals surface area (Å²) in [7, 11) is 1.81. The maximum absolute atomic E-state index is 12.6. The molecule has 1 aromatic heterocycles. The molecule has 0 unspecified atom stereocenters. The lowest BCUT2D eigenvalue weighted by atomic mass is 10.0. The molecule has 0 radical (unpaired) electrons. The van der Waals surface area contributed by atoms with E-state index >= 15 is 0 Å². The fourth-order valence-corrected chi connectivity index (χ4v) is 4.03. The molecule has 1 atom stereocenters. The van der Waals surface area contributed by atoms with Crippen molar-refractivity contribution in [3.63, 3.8) is 0 Å². The number of nitrogens with zero attached hydrogens (tertiary/aromatic N) is 3. The van der Waals surface area contributed by atoms with Crippen LogP contribution in [0.25, 0.3) is 0 Å². The fourth-order valence-electron chi connectivity index (χ4n) is 2.98. The summed E-state index contributed by atoms with van der Waals surface area (Å²) >= 11 is 13.3. The predicted octanol–water partition coefficient (Wildman–Crippen LogP) is 4.98. The Hall–Kier alpha value is -2.55. The summed E-state index contributed by atoms with van der Waals surface area (Å²) in [6.07, 6.45) is 0. The van der Waals surface area contributed by atoms with Crippen molar-refractivity contribution in [2.24, 2.45) is 13.0 Å². The van der Waals surface area contributed by atoms with Crippen molar-refractivity contribution in [2.45, 2.75) is 25.0 Å². The van der Waals surface area contributed by atoms with Crippen LogP contribution in [0, 0.1) is 5.92 Å². The number of amides is 2. The van der Waals surface area contributed by atoms with E-state index in [0.29, 0.717) is 32.3 Å². The van der Waals surface area contributed by atoms with Crippen LogP contribution in [-0.2, 0) is 11.8 Å². The van der Waals surface area contributed by atoms with Gasteiger partial charge < -0.3 is 15.2 Å². The van der Waals surface area contributed by atoms with Crippen molar-refractivity contribution in [3.8, 4) is 0 Å². The van der Waals surface area contributed by atoms with Gasteiger partial charge in [-0.25, -0.2) is 0 Å². The smallest absolute Gasteiger partial charge is 0.251 e. The molecule has 2 N–H and O–H groups in total. The number of rotatable bonds is 8. The van der Waals surface area contributed by atoms with Crippen LogP contribution < -0.4 is 10.6 Å². The number of carbonyl (C=O) groups is 2. The van der Waals surface area contributed by atoms with Crippen molar-refractivity contribution >= 4 is 52.5 Å². The molecule has 0 bridgehead atoms. The molecule has 32 heavy (non-hydrogen) atoms. The fraction of sp³-hybridized carbons (Fsp3) is 0.273. The Morgan fingerprint density at radius 2 is 1.81 bits per heavy atom. The van der Waals surface area contributed by atoms with Crippen LogP contribution in [0.3, 0.4) is 0 Å². The van der Waals surface area contributed by atoms with E-state index in [1.165, 1.54) is 11.8 Å². The van der Waals surface area contributed by atoms with Crippen LogP contribution in [-0.4, -0.2) is 32.3 Å². The van der Waals surface area contributed by atoms with E-state index in [0.717, 1.165) is 0 Å². The van der Waals surface area contributed by atoms with Gasteiger partial charge in [-0.3, -0.25) is 9.59 Å². The number of aromatic nitrogens is 3. The molecular formula is C22H23Cl2N5O2S. The van der Waals surface area contributed by atoms with Gasteiger partial charge in [-0.15, -0.1) is 10.2 Å². The molecule has 0 aliphatic rings. The first-order valence-corrected chi connectivity index (χ1v) is 11.6. The lowest BCUT2D eigenvalue weighted by Crippen LogP contribution is -2.33. The Kier molecular flexibility index (Phi) is 8.17. The van der Waals surface area contributed by atoms with E-state index in [1.54, 1.807) is 34.9 Å². The minimum Gasteiger partial charge on any atom is -0.342 e. The quantitative estimate of drug-likeness (QED) is 0.433. The molecule has 10 heteroatoms. The van der Waals surface area contributed by atoms with Gasteiger partial charge in [0.2, 0.25) is 5.91 Å². The largest absolute Gasteiger partial charge is 0.342 e. The van der Waals surface area contributed by atoms with Gasteiger partial charge in [0.1, 0.15) is 0 Å². The first kappa shape index (κ1) is 24.1. The van der Waals surface area contributed by atoms with E-state index in [9.17, 15) is 9.59 Å². The first-order chi connectivity index (χ1) is 15.3. The highest BCUT2D eigenvalue weighted by Crippen LogP contribution is 2.27. The van der Waals surface area contributed by atoms with Crippen LogP contribution in [0.15, 0.2) is 53.7 Å². The SMILES string of the molecule is CC(C)[C@@H](NC(=O)c1ccccc1)c1nnc(SCC(=O)Nc2cc(Cl)ccc2Cl)n1C. The molecule has 0 spiro atoms. The van der Waals surface area contributed by atoms with Gasteiger partial charge in [0, 0.05) is 17.6 Å². The van der Waals surface area contributed by atoms with Gasteiger partial charge in [0.25, 0.3) is 5.91 Å². The summed E-state index contributed by atoms with van der Waals surface area (Å²) in [4.78, 5) is 25.0. The molecule has 0 aliphatic heterocycles. The van der Waals surface area contributed by atoms with Gasteiger partial charge in [-0.05, 0) is 36.2 Å². The third-order valence-electron chi connectivity index (χ3n) is 4.67. The average molecular weight is 492 g/mol. The number of nitrogens with one attached hydrogen (secondary N) is 2. The summed E-state index contributed by atoms with van der Waals surface area (Å²) in [5, 5.41) is 15.7. The van der Waals surface area contributed by atoms with Gasteiger partial charge >= 0.3 is 0 Å². The van der Waals surface area contributed by atoms with Crippen LogP contribution in [0.4, 0.5) is 5.69 Å². The van der Waals surface area contributed by atoms with E-state index < -0.39 is 0 Å². The molecule has 3 rings (SSSR count). The number of benzene rings is 2. The molecule has 3 aromatic rings. The molecular weight excluding hydrogens is 469 g/mol. The molecule has 2 aromatic carbocycles. The average Bonchev–Trinajstić information content (AvgIpc) is 3.13. The van der Waals surface area contributed by atoms with E-state index in [4.69, 9.17) is 23.2 Å². The number of hydrogen-bond acceptors (Lipinski definition) is 5. The van der Waals surface area contributed by atoms with Crippen molar-refractivity contribution in [1.82, 2.24) is 20.1 Å².